The van der Waals surface area contributed by atoms with Crippen LogP contribution < -0.4 is 11.1 Å². The van der Waals surface area contributed by atoms with Crippen LogP contribution in [0.25, 0.3) is 0 Å². The molecule has 0 bridgehead atoms. The normalized spacial score (nSPS) is 27.1. The molecular weight excluding hydrogens is 192 g/mol. The summed E-state index contributed by atoms with van der Waals surface area (Å²) in [6, 6.07) is 0. The Bertz CT molecular complexity index is 255. The van der Waals surface area contributed by atoms with Gasteiger partial charge >= 0.3 is 0 Å². The van der Waals surface area contributed by atoms with Crippen LogP contribution in [0.3, 0.4) is 0 Å². The molecule has 2 rings (SSSR count). The Morgan fingerprint density at radius 2 is 2.00 bits per heavy atom. The van der Waals surface area contributed by atoms with Crippen molar-refractivity contribution in [2.45, 2.75) is 38.1 Å². The summed E-state index contributed by atoms with van der Waals surface area (Å²) in [7, 11) is 0. The second-order valence-electron chi connectivity index (χ2n) is 5.35. The van der Waals surface area contributed by atoms with E-state index >= 15 is 0 Å². The predicted octanol–water partition coefficient (Wildman–Crippen LogP) is 0.411. The minimum absolute atomic E-state index is 0.0214. The van der Waals surface area contributed by atoms with Crippen molar-refractivity contribution in [1.82, 2.24) is 5.32 Å². The summed E-state index contributed by atoms with van der Waals surface area (Å²) < 4.78 is 5.14. The van der Waals surface area contributed by atoms with Crippen LogP contribution in [0.2, 0.25) is 0 Å². The van der Waals surface area contributed by atoms with Gasteiger partial charge < -0.3 is 15.8 Å². The third-order valence-electron chi connectivity index (χ3n) is 3.52. The molecule has 0 aromatic rings. The lowest BCUT2D eigenvalue weighted by molar-refractivity contribution is -0.131. The third-order valence-corrected chi connectivity index (χ3v) is 3.52. The van der Waals surface area contributed by atoms with Gasteiger partial charge in [0.15, 0.2) is 0 Å². The first-order valence-electron chi connectivity index (χ1n) is 5.69. The molecule has 4 heteroatoms. The monoisotopic (exact) mass is 212 g/mol. The number of rotatable bonds is 3. The first-order valence-corrected chi connectivity index (χ1v) is 5.69. The van der Waals surface area contributed by atoms with Crippen LogP contribution in [-0.4, -0.2) is 31.2 Å². The number of ether oxygens (including phenoxy) is 1. The van der Waals surface area contributed by atoms with Gasteiger partial charge in [-0.2, -0.15) is 0 Å². The molecule has 2 aliphatic rings. The molecule has 1 aliphatic heterocycles. The average molecular weight is 212 g/mol. The first-order chi connectivity index (χ1) is 7.04. The van der Waals surface area contributed by atoms with Crippen molar-refractivity contribution < 1.29 is 9.53 Å². The minimum Gasteiger partial charge on any atom is -0.380 e. The fraction of sp³-hybridized carbons (Fsp3) is 0.909. The SMILES string of the molecule is CC1(CNC(=O)C2(N)CCCC2)COC1. The molecule has 0 atom stereocenters. The Labute approximate surface area is 90.5 Å². The number of hydrogen-bond donors (Lipinski definition) is 2. The van der Waals surface area contributed by atoms with E-state index in [0.29, 0.717) is 6.54 Å². The van der Waals surface area contributed by atoms with E-state index in [1.165, 1.54) is 0 Å². The van der Waals surface area contributed by atoms with Crippen LogP contribution in [-0.2, 0) is 9.53 Å². The smallest absolute Gasteiger partial charge is 0.240 e. The molecule has 0 unspecified atom stereocenters. The van der Waals surface area contributed by atoms with E-state index in [0.717, 1.165) is 38.9 Å². The Morgan fingerprint density at radius 1 is 1.40 bits per heavy atom. The van der Waals surface area contributed by atoms with Crippen molar-refractivity contribution in [1.29, 1.82) is 0 Å². The number of amides is 1. The van der Waals surface area contributed by atoms with E-state index in [-0.39, 0.29) is 11.3 Å². The van der Waals surface area contributed by atoms with E-state index in [9.17, 15) is 4.79 Å². The highest BCUT2D eigenvalue weighted by Gasteiger charge is 2.39. The molecule has 1 aliphatic carbocycles. The maximum Gasteiger partial charge on any atom is 0.240 e. The van der Waals surface area contributed by atoms with Crippen molar-refractivity contribution in [3.05, 3.63) is 0 Å². The summed E-state index contributed by atoms with van der Waals surface area (Å²) >= 11 is 0. The molecule has 15 heavy (non-hydrogen) atoms. The zero-order valence-corrected chi connectivity index (χ0v) is 9.34. The molecule has 0 aromatic carbocycles. The average Bonchev–Trinajstić information content (AvgIpc) is 2.60. The van der Waals surface area contributed by atoms with Gasteiger partial charge in [0.1, 0.15) is 0 Å². The molecule has 86 valence electrons. The van der Waals surface area contributed by atoms with Crippen LogP contribution >= 0.6 is 0 Å². The zero-order chi connectivity index (χ0) is 10.9. The summed E-state index contributed by atoms with van der Waals surface area (Å²) in [6.07, 6.45) is 3.80. The lowest BCUT2D eigenvalue weighted by Crippen LogP contribution is -2.56. The standard InChI is InChI=1S/C11H20N2O2/c1-10(7-15-8-10)6-13-9(14)11(12)4-2-3-5-11/h2-8,12H2,1H3,(H,13,14). The number of hydrogen-bond acceptors (Lipinski definition) is 3. The van der Waals surface area contributed by atoms with Crippen molar-refractivity contribution in [2.24, 2.45) is 11.1 Å². The van der Waals surface area contributed by atoms with Crippen molar-refractivity contribution >= 4 is 5.91 Å². The highest BCUT2D eigenvalue weighted by molar-refractivity contribution is 5.86. The topological polar surface area (TPSA) is 64.4 Å². The Kier molecular flexibility index (Phi) is 2.73. The Morgan fingerprint density at radius 3 is 2.47 bits per heavy atom. The van der Waals surface area contributed by atoms with Gasteiger partial charge in [0.05, 0.1) is 18.8 Å². The van der Waals surface area contributed by atoms with Crippen LogP contribution in [0.15, 0.2) is 0 Å². The molecule has 1 saturated carbocycles. The highest BCUT2D eigenvalue weighted by Crippen LogP contribution is 2.29. The van der Waals surface area contributed by atoms with E-state index in [1.807, 2.05) is 0 Å². The lowest BCUT2D eigenvalue weighted by Gasteiger charge is -2.38. The fourth-order valence-electron chi connectivity index (χ4n) is 2.26. The second kappa shape index (κ2) is 3.76. The second-order valence-corrected chi connectivity index (χ2v) is 5.35. The van der Waals surface area contributed by atoms with Crippen LogP contribution in [0.5, 0.6) is 0 Å². The van der Waals surface area contributed by atoms with E-state index in [2.05, 4.69) is 12.2 Å². The van der Waals surface area contributed by atoms with Gasteiger partial charge in [-0.25, -0.2) is 0 Å². The molecular formula is C11H20N2O2. The molecule has 1 saturated heterocycles. The third kappa shape index (κ3) is 2.16. The van der Waals surface area contributed by atoms with Gasteiger partial charge in [0.25, 0.3) is 0 Å². The van der Waals surface area contributed by atoms with E-state index in [4.69, 9.17) is 10.5 Å². The van der Waals surface area contributed by atoms with Gasteiger partial charge in [0, 0.05) is 12.0 Å². The Balaban J connectivity index is 1.81. The quantitative estimate of drug-likeness (QED) is 0.712. The molecule has 4 nitrogen and oxygen atoms in total. The lowest BCUT2D eigenvalue weighted by atomic mass is 9.88. The van der Waals surface area contributed by atoms with E-state index < -0.39 is 5.54 Å². The van der Waals surface area contributed by atoms with E-state index in [1.54, 1.807) is 0 Å². The van der Waals surface area contributed by atoms with Gasteiger partial charge in [-0.15, -0.1) is 0 Å². The molecule has 0 aromatic heterocycles. The number of nitrogens with one attached hydrogen (secondary N) is 1. The van der Waals surface area contributed by atoms with Gasteiger partial charge in [-0.3, -0.25) is 4.79 Å². The molecule has 1 amide bonds. The maximum atomic E-state index is 11.9. The van der Waals surface area contributed by atoms with Crippen molar-refractivity contribution in [3.8, 4) is 0 Å². The van der Waals surface area contributed by atoms with Crippen LogP contribution in [0.4, 0.5) is 0 Å². The molecule has 3 N–H and O–H groups in total. The Hall–Kier alpha value is -0.610. The van der Waals surface area contributed by atoms with Gasteiger partial charge in [-0.05, 0) is 12.8 Å². The number of carbonyl (C=O) groups is 1. The molecule has 1 heterocycles. The maximum absolute atomic E-state index is 11.9. The largest absolute Gasteiger partial charge is 0.380 e. The summed E-state index contributed by atoms with van der Waals surface area (Å²) in [5, 5.41) is 2.96. The summed E-state index contributed by atoms with van der Waals surface area (Å²) in [5.41, 5.74) is 5.58. The summed E-state index contributed by atoms with van der Waals surface area (Å²) in [4.78, 5) is 11.9. The van der Waals surface area contributed by atoms with Gasteiger partial charge in [-0.1, -0.05) is 19.8 Å². The predicted molar refractivity (Wildman–Crippen MR) is 57.3 cm³/mol. The van der Waals surface area contributed by atoms with Crippen molar-refractivity contribution in [2.75, 3.05) is 19.8 Å². The molecule has 0 spiro atoms. The van der Waals surface area contributed by atoms with Gasteiger partial charge in [0.2, 0.25) is 5.91 Å². The fourth-order valence-corrected chi connectivity index (χ4v) is 2.26. The molecule has 0 radical (unpaired) electrons. The number of carbonyl (C=O) groups excluding carboxylic acids is 1. The first kappa shape index (κ1) is 10.9. The highest BCUT2D eigenvalue weighted by atomic mass is 16.5. The van der Waals surface area contributed by atoms with Crippen LogP contribution in [0.1, 0.15) is 32.6 Å². The summed E-state index contributed by atoms with van der Waals surface area (Å²) in [6.45, 7) is 4.29. The van der Waals surface area contributed by atoms with Crippen LogP contribution in [0, 0.1) is 5.41 Å². The minimum atomic E-state index is -0.596. The zero-order valence-electron chi connectivity index (χ0n) is 9.34. The summed E-state index contributed by atoms with van der Waals surface area (Å²) in [5.74, 6) is 0.0214. The number of nitrogens with two attached hydrogens (primary N) is 1. The molecule has 2 fully saturated rings. The van der Waals surface area contributed by atoms with Crippen molar-refractivity contribution in [3.63, 3.8) is 0 Å².